The van der Waals surface area contributed by atoms with Crippen LogP contribution in [0.5, 0.6) is 5.75 Å². The van der Waals surface area contributed by atoms with Crippen LogP contribution in [0.15, 0.2) is 85.1 Å². The van der Waals surface area contributed by atoms with Gasteiger partial charge in [-0.1, -0.05) is 42.5 Å². The summed E-state index contributed by atoms with van der Waals surface area (Å²) in [6, 6.07) is 27.9. The van der Waals surface area contributed by atoms with Crippen LogP contribution in [0.4, 0.5) is 0 Å². The van der Waals surface area contributed by atoms with E-state index in [9.17, 15) is 0 Å². The lowest BCUT2D eigenvalue weighted by molar-refractivity contribution is 0.412. The topological polar surface area (TPSA) is 39.1 Å². The molecule has 2 atom stereocenters. The first-order valence-electron chi connectivity index (χ1n) is 11.4. The molecule has 2 aromatic heterocycles. The van der Waals surface area contributed by atoms with Gasteiger partial charge < -0.3 is 14.6 Å². The summed E-state index contributed by atoms with van der Waals surface area (Å²) in [4.78, 5) is 5.17. The van der Waals surface area contributed by atoms with Crippen LogP contribution in [0.3, 0.4) is 0 Å². The monoisotopic (exact) mass is 435 g/mol. The van der Waals surface area contributed by atoms with E-state index in [0.29, 0.717) is 0 Å². The number of nitrogens with zero attached hydrogens (tertiary/aromatic N) is 2. The lowest BCUT2D eigenvalue weighted by Gasteiger charge is -2.22. The maximum absolute atomic E-state index is 5.40. The van der Waals surface area contributed by atoms with Gasteiger partial charge in [-0.05, 0) is 61.2 Å². The second kappa shape index (κ2) is 8.72. The highest BCUT2D eigenvalue weighted by molar-refractivity contribution is 5.97. The van der Waals surface area contributed by atoms with Crippen molar-refractivity contribution in [3.8, 4) is 17.0 Å². The molecule has 1 N–H and O–H groups in total. The summed E-state index contributed by atoms with van der Waals surface area (Å²) in [7, 11) is 3.78. The van der Waals surface area contributed by atoms with Gasteiger partial charge in [0.1, 0.15) is 5.75 Å². The smallest absolute Gasteiger partial charge is 0.119 e. The highest BCUT2D eigenvalue weighted by Crippen LogP contribution is 2.32. The van der Waals surface area contributed by atoms with Crippen LogP contribution in [0, 0.1) is 0 Å². The van der Waals surface area contributed by atoms with Gasteiger partial charge in [-0.3, -0.25) is 4.98 Å². The van der Waals surface area contributed by atoms with Gasteiger partial charge in [0, 0.05) is 47.2 Å². The number of hydrogen-bond acceptors (Lipinski definition) is 3. The van der Waals surface area contributed by atoms with Gasteiger partial charge in [0.05, 0.1) is 18.5 Å². The van der Waals surface area contributed by atoms with Crippen LogP contribution >= 0.6 is 0 Å². The van der Waals surface area contributed by atoms with Crippen molar-refractivity contribution in [3.63, 3.8) is 0 Å². The van der Waals surface area contributed by atoms with E-state index in [4.69, 9.17) is 9.72 Å². The molecule has 1 unspecified atom stereocenters. The van der Waals surface area contributed by atoms with Crippen molar-refractivity contribution in [2.24, 2.45) is 7.05 Å². The molecule has 4 heteroatoms. The Morgan fingerprint density at radius 3 is 2.55 bits per heavy atom. The molecule has 0 aliphatic heterocycles. The van der Waals surface area contributed by atoms with Crippen molar-refractivity contribution in [2.75, 3.05) is 7.11 Å². The van der Waals surface area contributed by atoms with Gasteiger partial charge in [-0.15, -0.1) is 0 Å². The van der Waals surface area contributed by atoms with E-state index in [2.05, 4.69) is 104 Å². The molecule has 5 rings (SSSR count). The van der Waals surface area contributed by atoms with Crippen LogP contribution in [0.1, 0.15) is 37.2 Å². The Labute approximate surface area is 194 Å². The second-order valence-corrected chi connectivity index (χ2v) is 8.70. The Morgan fingerprint density at radius 2 is 1.70 bits per heavy atom. The van der Waals surface area contributed by atoms with E-state index in [1.807, 2.05) is 12.1 Å². The number of nitrogens with one attached hydrogen (secondary N) is 1. The number of rotatable bonds is 6. The molecule has 166 valence electrons. The summed E-state index contributed by atoms with van der Waals surface area (Å²) in [5.74, 6) is 0.872. The Bertz CT molecular complexity index is 1440. The van der Waals surface area contributed by atoms with Gasteiger partial charge in [0.2, 0.25) is 0 Å². The van der Waals surface area contributed by atoms with Crippen molar-refractivity contribution in [1.29, 1.82) is 0 Å². The molecule has 0 radical (unpaired) electrons. The predicted octanol–water partition coefficient (Wildman–Crippen LogP) is 6.81. The number of pyridine rings is 1. The Balaban J connectivity index is 1.53. The van der Waals surface area contributed by atoms with Gasteiger partial charge in [0.25, 0.3) is 0 Å². The zero-order valence-electron chi connectivity index (χ0n) is 19.5. The fourth-order valence-electron chi connectivity index (χ4n) is 4.56. The van der Waals surface area contributed by atoms with Crippen molar-refractivity contribution >= 4 is 21.7 Å². The Kier molecular flexibility index (Phi) is 5.61. The quantitative estimate of drug-likeness (QED) is 0.318. The van der Waals surface area contributed by atoms with Crippen LogP contribution < -0.4 is 10.1 Å². The molecule has 0 bridgehead atoms. The zero-order chi connectivity index (χ0) is 22.9. The molecule has 4 nitrogen and oxygen atoms in total. The standard InChI is InChI=1S/C29H29N3O/c1-19(21-9-7-10-25(17-21)33-4)30-20(2)27-18-22-8-5-6-11-26(22)29(31-27)24-12-13-28-23(16-24)14-15-32(28)3/h5-20,30H,1-4H3/t19-,20?/m1/s1. The molecule has 0 spiro atoms. The molecule has 0 amide bonds. The van der Waals surface area contributed by atoms with Crippen LogP contribution in [0.25, 0.3) is 32.9 Å². The first kappa shape index (κ1) is 21.2. The normalized spacial score (nSPS) is 13.3. The van der Waals surface area contributed by atoms with Crippen LogP contribution in [-0.4, -0.2) is 16.7 Å². The summed E-state index contributed by atoms with van der Waals surface area (Å²) < 4.78 is 7.54. The third-order valence-corrected chi connectivity index (χ3v) is 6.46. The number of methoxy groups -OCH3 is 1. The number of fused-ring (bicyclic) bond motifs is 2. The third-order valence-electron chi connectivity index (χ3n) is 6.46. The zero-order valence-corrected chi connectivity index (χ0v) is 19.5. The minimum absolute atomic E-state index is 0.0787. The minimum Gasteiger partial charge on any atom is -0.497 e. The third kappa shape index (κ3) is 4.10. The average Bonchev–Trinajstić information content (AvgIpc) is 3.23. The fraction of sp³-hybridized carbons (Fsp3) is 0.207. The second-order valence-electron chi connectivity index (χ2n) is 8.70. The van der Waals surface area contributed by atoms with Crippen molar-refractivity contribution < 1.29 is 4.74 Å². The minimum atomic E-state index is 0.0787. The highest BCUT2D eigenvalue weighted by atomic mass is 16.5. The molecular weight excluding hydrogens is 406 g/mol. The Hall–Kier alpha value is -3.63. The lowest BCUT2D eigenvalue weighted by atomic mass is 10.00. The number of aryl methyl sites for hydroxylation is 1. The van der Waals surface area contributed by atoms with Gasteiger partial charge in [-0.2, -0.15) is 0 Å². The predicted molar refractivity (Wildman–Crippen MR) is 137 cm³/mol. The van der Waals surface area contributed by atoms with Crippen molar-refractivity contribution in [1.82, 2.24) is 14.9 Å². The molecule has 0 fully saturated rings. The van der Waals surface area contributed by atoms with E-state index < -0.39 is 0 Å². The maximum Gasteiger partial charge on any atom is 0.119 e. The molecule has 5 aromatic rings. The molecule has 2 heterocycles. The highest BCUT2D eigenvalue weighted by Gasteiger charge is 2.16. The van der Waals surface area contributed by atoms with Crippen molar-refractivity contribution in [2.45, 2.75) is 25.9 Å². The maximum atomic E-state index is 5.40. The van der Waals surface area contributed by atoms with Gasteiger partial charge in [-0.25, -0.2) is 0 Å². The van der Waals surface area contributed by atoms with Crippen LogP contribution in [-0.2, 0) is 7.05 Å². The summed E-state index contributed by atoms with van der Waals surface area (Å²) in [5, 5.41) is 7.32. The number of benzene rings is 3. The molecule has 33 heavy (non-hydrogen) atoms. The fourth-order valence-corrected chi connectivity index (χ4v) is 4.56. The lowest BCUT2D eigenvalue weighted by Crippen LogP contribution is -2.23. The molecular formula is C29H29N3O. The number of ether oxygens (including phenoxy) is 1. The summed E-state index contributed by atoms with van der Waals surface area (Å²) in [6.07, 6.45) is 2.10. The van der Waals surface area contributed by atoms with E-state index in [-0.39, 0.29) is 12.1 Å². The number of aromatic nitrogens is 2. The first-order chi connectivity index (χ1) is 16.0. The van der Waals surface area contributed by atoms with Crippen molar-refractivity contribution in [3.05, 3.63) is 96.3 Å². The molecule has 0 saturated carbocycles. The summed E-state index contributed by atoms with van der Waals surface area (Å²) in [6.45, 7) is 4.36. The first-order valence-corrected chi connectivity index (χ1v) is 11.4. The number of hydrogen-bond donors (Lipinski definition) is 1. The average molecular weight is 436 g/mol. The van der Waals surface area contributed by atoms with Gasteiger partial charge in [0.15, 0.2) is 0 Å². The van der Waals surface area contributed by atoms with E-state index >= 15 is 0 Å². The van der Waals surface area contributed by atoms with Gasteiger partial charge >= 0.3 is 0 Å². The van der Waals surface area contributed by atoms with E-state index in [1.54, 1.807) is 7.11 Å². The summed E-state index contributed by atoms with van der Waals surface area (Å²) >= 11 is 0. The van der Waals surface area contributed by atoms with Crippen LogP contribution in [0.2, 0.25) is 0 Å². The molecule has 3 aromatic carbocycles. The molecule has 0 aliphatic carbocycles. The summed E-state index contributed by atoms with van der Waals surface area (Å²) in [5.41, 5.74) is 5.61. The Morgan fingerprint density at radius 1 is 0.848 bits per heavy atom. The SMILES string of the molecule is COc1cccc([C@@H](C)NC(C)c2cc3ccccc3c(-c3ccc4c(ccn4C)c3)n2)c1. The molecule has 0 saturated heterocycles. The largest absolute Gasteiger partial charge is 0.497 e. The molecule has 0 aliphatic rings. The van der Waals surface area contributed by atoms with E-state index in [1.165, 1.54) is 27.2 Å². The van der Waals surface area contributed by atoms with E-state index in [0.717, 1.165) is 22.7 Å².